The van der Waals surface area contributed by atoms with Gasteiger partial charge in [0.25, 0.3) is 23.6 Å². The third-order valence-corrected chi connectivity index (χ3v) is 21.1. The number of carbonyl (C=O) groups excluding carboxylic acids is 10. The van der Waals surface area contributed by atoms with E-state index in [4.69, 9.17) is 20.4 Å². The summed E-state index contributed by atoms with van der Waals surface area (Å²) in [5.74, 6) is -7.20. The first-order valence-corrected chi connectivity index (χ1v) is 33.1. The molecule has 7 aromatic rings. The standard InChI is InChI=1S/C73H64N14O11S/c1-98-69(97)73(32-55-65(93)84-72(68(96)87(55)37-73)31-54-64(92)83-71(67(95)86(54)36-72)30-53-63(91)82-70(66(94)85(53)35-71)29-51(75-34-70)62(90)80-52(33-99)60(74)88)81-61(89)42-19-17-41(18-20-42)59-49-27-25-47(78-49)57(39-13-7-3-8-14-39)45-23-21-43(76-45)56(38-11-5-2-6-12-38)44-22-24-46(77-44)58(40-15-9-4-10-16-40)48-26-28-50(59)79-48/h2-28,51-55,75-76,79,99H,29-37H2,1H3,(H2,74,88)(H,80,90)(H,81,89)(H,82,91)(H,83,92)(H,84,93)/t51-,52-,53-,54-,55-,70-,71-,72-,73-/m1/s1. The zero-order valence-corrected chi connectivity index (χ0v) is 54.0. The van der Waals surface area contributed by atoms with Gasteiger partial charge in [0.2, 0.25) is 29.5 Å². The Bertz CT molecular complexity index is 4910. The predicted octanol–water partition coefficient (Wildman–Crippen LogP) is 3.64. The number of aromatic nitrogens is 4. The van der Waals surface area contributed by atoms with Crippen molar-refractivity contribution >= 4 is 118 Å². The van der Waals surface area contributed by atoms with Gasteiger partial charge in [0.05, 0.1) is 55.6 Å². The molecule has 0 radical (unpaired) electrons. The lowest BCUT2D eigenvalue weighted by Gasteiger charge is -2.42. The summed E-state index contributed by atoms with van der Waals surface area (Å²) in [4.78, 5) is 163. The van der Waals surface area contributed by atoms with Crippen molar-refractivity contribution in [2.24, 2.45) is 5.73 Å². The van der Waals surface area contributed by atoms with Gasteiger partial charge in [-0.25, -0.2) is 14.8 Å². The Kier molecular flexibility index (Phi) is 14.7. The number of hydrogen-bond donors (Lipinski definition) is 10. The molecule has 3 spiro atoms. The number of amides is 9. The molecule has 498 valence electrons. The number of rotatable bonds is 11. The molecule has 16 rings (SSSR count). The molecule has 7 saturated heterocycles. The second kappa shape index (κ2) is 23.4. The summed E-state index contributed by atoms with van der Waals surface area (Å²) in [6, 6.07) is 39.3. The molecule has 99 heavy (non-hydrogen) atoms. The first-order chi connectivity index (χ1) is 47.8. The Morgan fingerprint density at radius 2 is 0.929 bits per heavy atom. The Labute approximate surface area is 569 Å². The maximum absolute atomic E-state index is 15.2. The van der Waals surface area contributed by atoms with Crippen LogP contribution in [-0.2, 0) is 47.9 Å². The highest BCUT2D eigenvalue weighted by atomic mass is 32.1. The molecule has 9 amide bonds. The lowest BCUT2D eigenvalue weighted by molar-refractivity contribution is -0.154. The van der Waals surface area contributed by atoms with Gasteiger partial charge in [0, 0.05) is 87.9 Å². The molecule has 12 heterocycles. The van der Waals surface area contributed by atoms with Gasteiger partial charge in [-0.15, -0.1) is 0 Å². The number of primary amides is 1. The maximum Gasteiger partial charge on any atom is 0.333 e. The minimum Gasteiger partial charge on any atom is -0.467 e. The molecule has 4 aromatic carbocycles. The number of esters is 1. The fourth-order valence-corrected chi connectivity index (χ4v) is 16.3. The highest BCUT2D eigenvalue weighted by Gasteiger charge is 2.70. The number of nitrogens with zero attached hydrogens (tertiary/aromatic N) is 5. The summed E-state index contributed by atoms with van der Waals surface area (Å²) in [6.45, 7) is -1.58. The SMILES string of the molecule is COC(=O)[C@@]1(NC(=O)c2ccc(-c3c4nc(c(-c5ccccc5)c5ccc([nH]5)c(-c5ccccc5)c5nc(c(-c6ccccc6)c6ccc3[nH]6)C=C5)C=C4)cc2)C[C@@H]2C(=O)N[C@@]3(C[C@@H]4C(=O)N[C@@]5(C[C@@H]6C(=O)N[C@]7(CN[C@@H](C(=O)N[C@H](CS)C(N)=O)C7)C(=O)N6C5)C(=O)N4C3)C(=O)N2C1. The number of aromatic amines is 2. The lowest BCUT2D eigenvalue weighted by Crippen LogP contribution is -2.71. The molecule has 8 bridgehead atoms. The molecule has 3 aromatic heterocycles. The fourth-order valence-electron chi connectivity index (χ4n) is 16.0. The number of thiol groups is 1. The van der Waals surface area contributed by atoms with Crippen LogP contribution in [0.4, 0.5) is 0 Å². The number of fused-ring (bicyclic) bond motifs is 11. The number of nitrogens with one attached hydrogen (secondary N) is 8. The summed E-state index contributed by atoms with van der Waals surface area (Å²) < 4.78 is 5.33. The third-order valence-electron chi connectivity index (χ3n) is 20.7. The van der Waals surface area contributed by atoms with Gasteiger partial charge in [0.1, 0.15) is 40.8 Å². The van der Waals surface area contributed by atoms with Gasteiger partial charge < -0.3 is 67.0 Å². The predicted molar refractivity (Wildman–Crippen MR) is 367 cm³/mol. The molecule has 7 fully saturated rings. The Morgan fingerprint density at radius 1 is 0.535 bits per heavy atom. The number of H-pyrrole nitrogens is 2. The van der Waals surface area contributed by atoms with Gasteiger partial charge in [-0.1, -0.05) is 103 Å². The number of methoxy groups -OCH3 is 1. The summed E-state index contributed by atoms with van der Waals surface area (Å²) in [7, 11) is 1.13. The lowest BCUT2D eigenvalue weighted by atomic mass is 9.88. The number of piperazine rings is 3. The van der Waals surface area contributed by atoms with E-state index in [1.54, 1.807) is 24.3 Å². The van der Waals surface area contributed by atoms with Crippen LogP contribution in [0.1, 0.15) is 58.8 Å². The Hall–Kier alpha value is -11.5. The van der Waals surface area contributed by atoms with Gasteiger partial charge >= 0.3 is 5.97 Å². The zero-order valence-electron chi connectivity index (χ0n) is 53.1. The third kappa shape index (κ3) is 10.1. The van der Waals surface area contributed by atoms with E-state index in [0.29, 0.717) is 28.0 Å². The van der Waals surface area contributed by atoms with E-state index < -0.39 is 131 Å². The molecule has 0 aliphatic carbocycles. The smallest absolute Gasteiger partial charge is 0.333 e. The molecule has 10 N–H and O–H groups in total. The Morgan fingerprint density at radius 3 is 1.34 bits per heavy atom. The molecular weight excluding hydrogens is 1280 g/mol. The average molecular weight is 1350 g/mol. The molecule has 26 heteroatoms. The molecular formula is C73H64N14O11S. The second-order valence-electron chi connectivity index (χ2n) is 26.7. The van der Waals surface area contributed by atoms with Crippen LogP contribution >= 0.6 is 12.6 Å². The van der Waals surface area contributed by atoms with Crippen molar-refractivity contribution in [1.29, 1.82) is 0 Å². The number of benzene rings is 4. The van der Waals surface area contributed by atoms with Gasteiger partial charge in [-0.2, -0.15) is 12.6 Å². The van der Waals surface area contributed by atoms with Gasteiger partial charge in [-0.3, -0.25) is 43.2 Å². The van der Waals surface area contributed by atoms with Crippen molar-refractivity contribution < 1.29 is 52.7 Å². The summed E-state index contributed by atoms with van der Waals surface area (Å²) >= 11 is 4.08. The minimum absolute atomic E-state index is 0.0791. The highest BCUT2D eigenvalue weighted by Crippen LogP contribution is 2.46. The van der Waals surface area contributed by atoms with Crippen LogP contribution in [0.5, 0.6) is 0 Å². The Balaban J connectivity index is 0.689. The van der Waals surface area contributed by atoms with Gasteiger partial charge in [-0.05, 0) is 83.0 Å². The van der Waals surface area contributed by atoms with E-state index in [1.165, 1.54) is 14.7 Å². The first kappa shape index (κ1) is 62.3. The molecule has 9 aliphatic heterocycles. The normalized spacial score (nSPS) is 25.9. The monoisotopic (exact) mass is 1340 g/mol. The fraction of sp³-hybridized carbons (Fsp3) is 0.260. The van der Waals surface area contributed by atoms with E-state index in [2.05, 4.69) is 78.8 Å². The van der Waals surface area contributed by atoms with Crippen LogP contribution in [0.3, 0.4) is 0 Å². The maximum atomic E-state index is 15.2. The largest absolute Gasteiger partial charge is 0.467 e. The number of hydrogen-bond acceptors (Lipinski definition) is 15. The van der Waals surface area contributed by atoms with Crippen molar-refractivity contribution in [3.05, 3.63) is 168 Å². The van der Waals surface area contributed by atoms with Crippen LogP contribution in [-0.4, -0.2) is 185 Å². The van der Waals surface area contributed by atoms with Crippen molar-refractivity contribution in [3.8, 4) is 44.5 Å². The van der Waals surface area contributed by atoms with E-state index in [1.807, 2.05) is 115 Å². The van der Waals surface area contributed by atoms with Crippen LogP contribution < -0.4 is 37.6 Å². The topological polar surface area (TPSA) is 345 Å². The first-order valence-electron chi connectivity index (χ1n) is 32.5. The molecule has 9 atom stereocenters. The number of ether oxygens (including phenoxy) is 1. The van der Waals surface area contributed by atoms with Gasteiger partial charge in [0.15, 0.2) is 5.54 Å². The second-order valence-corrected chi connectivity index (χ2v) is 27.0. The minimum atomic E-state index is -1.96. The van der Waals surface area contributed by atoms with E-state index in [-0.39, 0.29) is 43.5 Å². The molecule has 0 unspecified atom stereocenters. The van der Waals surface area contributed by atoms with Crippen molar-refractivity contribution in [2.75, 3.05) is 39.0 Å². The summed E-state index contributed by atoms with van der Waals surface area (Å²) in [5.41, 5.74) is 11.1. The van der Waals surface area contributed by atoms with Crippen molar-refractivity contribution in [1.82, 2.24) is 66.5 Å². The zero-order chi connectivity index (χ0) is 68.4. The highest BCUT2D eigenvalue weighted by molar-refractivity contribution is 7.80. The molecule has 25 nitrogen and oxygen atoms in total. The average Bonchev–Trinajstić information content (AvgIpc) is 1.54. The number of nitrogens with two attached hydrogens (primary N) is 1. The van der Waals surface area contributed by atoms with Crippen LogP contribution in [0.15, 0.2) is 140 Å². The molecule has 0 saturated carbocycles. The van der Waals surface area contributed by atoms with Crippen molar-refractivity contribution in [3.63, 3.8) is 0 Å². The quantitative estimate of drug-likeness (QED) is 0.0653. The van der Waals surface area contributed by atoms with Crippen LogP contribution in [0, 0.1) is 0 Å². The number of carbonyl (C=O) groups is 10. The van der Waals surface area contributed by atoms with E-state index in [9.17, 15) is 43.2 Å². The van der Waals surface area contributed by atoms with Crippen molar-refractivity contribution in [2.45, 2.75) is 78.0 Å². The van der Waals surface area contributed by atoms with E-state index >= 15 is 4.79 Å². The summed E-state index contributed by atoms with van der Waals surface area (Å²) in [5, 5.41) is 16.7. The van der Waals surface area contributed by atoms with Crippen LogP contribution in [0.25, 0.3) is 90.9 Å². The molecule has 9 aliphatic rings. The summed E-state index contributed by atoms with van der Waals surface area (Å²) in [6.07, 6.45) is 6.77. The van der Waals surface area contributed by atoms with E-state index in [0.717, 1.165) is 68.4 Å². The van der Waals surface area contributed by atoms with Crippen LogP contribution in [0.2, 0.25) is 0 Å².